The zero-order valence-corrected chi connectivity index (χ0v) is 16.0. The first-order valence-corrected chi connectivity index (χ1v) is 10.3. The van der Waals surface area contributed by atoms with Crippen LogP contribution < -0.4 is 5.32 Å². The molecule has 1 aliphatic rings. The van der Waals surface area contributed by atoms with Crippen LogP contribution >= 0.6 is 11.3 Å². The zero-order valence-electron chi connectivity index (χ0n) is 15.1. The van der Waals surface area contributed by atoms with Gasteiger partial charge >= 0.3 is 0 Å². The Kier molecular flexibility index (Phi) is 7.23. The lowest BCUT2D eigenvalue weighted by Gasteiger charge is -2.27. The number of amides is 1. The fourth-order valence-electron chi connectivity index (χ4n) is 3.49. The van der Waals surface area contributed by atoms with E-state index in [9.17, 15) is 9.90 Å². The number of nitrogens with one attached hydrogen (secondary N) is 1. The van der Waals surface area contributed by atoms with Crippen LogP contribution in [0.25, 0.3) is 0 Å². The fraction of sp³-hybridized carbons (Fsp3) is 0.476. The molecule has 1 unspecified atom stereocenters. The Hall–Kier alpha value is -1.69. The second kappa shape index (κ2) is 9.86. The summed E-state index contributed by atoms with van der Waals surface area (Å²) < 4.78 is 0. The Morgan fingerprint density at radius 1 is 1.19 bits per heavy atom. The Balaban J connectivity index is 1.61. The predicted octanol–water partition coefficient (Wildman–Crippen LogP) is 3.59. The predicted molar refractivity (Wildman–Crippen MR) is 106 cm³/mol. The molecule has 26 heavy (non-hydrogen) atoms. The molecule has 0 aliphatic carbocycles. The van der Waals surface area contributed by atoms with Crippen molar-refractivity contribution in [2.24, 2.45) is 5.92 Å². The van der Waals surface area contributed by atoms with Gasteiger partial charge in [-0.3, -0.25) is 4.79 Å². The molecule has 1 aliphatic heterocycles. The third-order valence-corrected chi connectivity index (χ3v) is 6.03. The Morgan fingerprint density at radius 3 is 2.65 bits per heavy atom. The van der Waals surface area contributed by atoms with Gasteiger partial charge in [-0.05, 0) is 55.3 Å². The molecule has 0 spiro atoms. The number of thiophene rings is 1. The minimum absolute atomic E-state index is 0.142. The van der Waals surface area contributed by atoms with Gasteiger partial charge in [-0.15, -0.1) is 11.3 Å². The van der Waals surface area contributed by atoms with Crippen molar-refractivity contribution < 1.29 is 9.90 Å². The summed E-state index contributed by atoms with van der Waals surface area (Å²) in [5.74, 6) is 0.781. The lowest BCUT2D eigenvalue weighted by molar-refractivity contribution is -0.133. The molecule has 2 heterocycles. The van der Waals surface area contributed by atoms with Crippen molar-refractivity contribution in [1.82, 2.24) is 10.2 Å². The molecule has 1 amide bonds. The molecule has 0 bridgehead atoms. The molecule has 5 heteroatoms. The molecule has 1 aromatic heterocycles. The minimum atomic E-state index is -0.624. The maximum Gasteiger partial charge on any atom is 0.222 e. The average Bonchev–Trinajstić information content (AvgIpc) is 3.22. The van der Waals surface area contributed by atoms with Crippen LogP contribution in [0.15, 0.2) is 47.8 Å². The summed E-state index contributed by atoms with van der Waals surface area (Å²) >= 11 is 1.53. The number of aliphatic hydroxyl groups excluding tert-OH is 1. The number of hydrogen-bond acceptors (Lipinski definition) is 4. The minimum Gasteiger partial charge on any atom is -0.386 e. The van der Waals surface area contributed by atoms with Gasteiger partial charge in [0.2, 0.25) is 5.91 Å². The van der Waals surface area contributed by atoms with Crippen LogP contribution in [0.1, 0.15) is 42.2 Å². The molecule has 1 saturated heterocycles. The van der Waals surface area contributed by atoms with Crippen molar-refractivity contribution in [3.63, 3.8) is 0 Å². The van der Waals surface area contributed by atoms with E-state index in [-0.39, 0.29) is 5.91 Å². The van der Waals surface area contributed by atoms with Crippen molar-refractivity contribution in [3.05, 3.63) is 58.3 Å². The van der Waals surface area contributed by atoms with Gasteiger partial charge in [0, 0.05) is 17.8 Å². The smallest absolute Gasteiger partial charge is 0.222 e. The van der Waals surface area contributed by atoms with Crippen LogP contribution in [0.3, 0.4) is 0 Å². The van der Waals surface area contributed by atoms with Crippen LogP contribution in [0.4, 0.5) is 0 Å². The number of carbonyl (C=O) groups is 1. The topological polar surface area (TPSA) is 52.6 Å². The third-order valence-electron chi connectivity index (χ3n) is 5.06. The van der Waals surface area contributed by atoms with Crippen LogP contribution in [0, 0.1) is 5.92 Å². The molecule has 1 aromatic carbocycles. The highest BCUT2D eigenvalue weighted by molar-refractivity contribution is 7.10. The SMILES string of the molecule is O=C(CCC1CCNCC1)N(Cc1ccccc1)CC(O)c1cccs1. The number of piperidine rings is 1. The molecule has 1 fully saturated rings. The number of carbonyl (C=O) groups excluding carboxylic acids is 1. The van der Waals surface area contributed by atoms with E-state index in [1.165, 1.54) is 11.3 Å². The van der Waals surface area contributed by atoms with Crippen LogP contribution in [-0.2, 0) is 11.3 Å². The van der Waals surface area contributed by atoms with Crippen molar-refractivity contribution in [3.8, 4) is 0 Å². The molecular weight excluding hydrogens is 344 g/mol. The monoisotopic (exact) mass is 372 g/mol. The maximum atomic E-state index is 12.9. The molecule has 2 N–H and O–H groups in total. The van der Waals surface area contributed by atoms with E-state index >= 15 is 0 Å². The lowest BCUT2D eigenvalue weighted by Crippen LogP contribution is -2.35. The second-order valence-corrected chi connectivity index (χ2v) is 8.00. The summed E-state index contributed by atoms with van der Waals surface area (Å²) in [5, 5.41) is 15.9. The molecular formula is C21H28N2O2S. The standard InChI is InChI=1S/C21H28N2O2S/c24-19(20-7-4-14-26-20)16-23(15-18-5-2-1-3-6-18)21(25)9-8-17-10-12-22-13-11-17/h1-7,14,17,19,22,24H,8-13,15-16H2. The molecule has 2 aromatic rings. The maximum absolute atomic E-state index is 12.9. The van der Waals surface area contributed by atoms with Gasteiger partial charge in [0.05, 0.1) is 6.54 Å². The van der Waals surface area contributed by atoms with Crippen LogP contribution in [-0.4, -0.2) is 35.5 Å². The quantitative estimate of drug-likeness (QED) is 0.745. The Morgan fingerprint density at radius 2 is 1.96 bits per heavy atom. The Bertz CT molecular complexity index is 654. The van der Waals surface area contributed by atoms with E-state index in [2.05, 4.69) is 5.32 Å². The number of aliphatic hydroxyl groups is 1. The van der Waals surface area contributed by atoms with Crippen molar-refractivity contribution in [1.29, 1.82) is 0 Å². The van der Waals surface area contributed by atoms with Crippen molar-refractivity contribution in [2.45, 2.75) is 38.3 Å². The van der Waals surface area contributed by atoms with Crippen LogP contribution in [0.5, 0.6) is 0 Å². The number of benzene rings is 1. The second-order valence-electron chi connectivity index (χ2n) is 7.02. The summed E-state index contributed by atoms with van der Waals surface area (Å²) in [6.07, 6.45) is 3.20. The first-order valence-electron chi connectivity index (χ1n) is 9.46. The van der Waals surface area contributed by atoms with E-state index in [1.54, 1.807) is 0 Å². The first kappa shape index (κ1) is 19.1. The third kappa shape index (κ3) is 5.66. The first-order chi connectivity index (χ1) is 12.7. The summed E-state index contributed by atoms with van der Waals surface area (Å²) in [5.41, 5.74) is 1.10. The summed E-state index contributed by atoms with van der Waals surface area (Å²) in [6.45, 7) is 3.02. The average molecular weight is 373 g/mol. The van der Waals surface area contributed by atoms with Gasteiger partial charge in [-0.25, -0.2) is 0 Å². The van der Waals surface area contributed by atoms with Gasteiger partial charge in [0.25, 0.3) is 0 Å². The van der Waals surface area contributed by atoms with Gasteiger partial charge in [0.15, 0.2) is 0 Å². The molecule has 1 atom stereocenters. The highest BCUT2D eigenvalue weighted by atomic mass is 32.1. The molecule has 0 radical (unpaired) electrons. The van der Waals surface area contributed by atoms with E-state index in [0.29, 0.717) is 25.4 Å². The number of hydrogen-bond donors (Lipinski definition) is 2. The van der Waals surface area contributed by atoms with E-state index in [0.717, 1.165) is 42.8 Å². The lowest BCUT2D eigenvalue weighted by atomic mass is 9.93. The zero-order chi connectivity index (χ0) is 18.2. The highest BCUT2D eigenvalue weighted by Gasteiger charge is 2.21. The van der Waals surface area contributed by atoms with Gasteiger partial charge in [-0.2, -0.15) is 0 Å². The summed E-state index contributed by atoms with van der Waals surface area (Å²) in [4.78, 5) is 15.6. The largest absolute Gasteiger partial charge is 0.386 e. The molecule has 140 valence electrons. The van der Waals surface area contributed by atoms with Gasteiger partial charge in [-0.1, -0.05) is 36.4 Å². The summed E-state index contributed by atoms with van der Waals surface area (Å²) in [7, 11) is 0. The van der Waals surface area contributed by atoms with Crippen molar-refractivity contribution >= 4 is 17.2 Å². The highest BCUT2D eigenvalue weighted by Crippen LogP contribution is 2.23. The van der Waals surface area contributed by atoms with Crippen LogP contribution in [0.2, 0.25) is 0 Å². The van der Waals surface area contributed by atoms with E-state index in [1.807, 2.05) is 52.7 Å². The normalized spacial score (nSPS) is 16.3. The van der Waals surface area contributed by atoms with Gasteiger partial charge < -0.3 is 15.3 Å². The van der Waals surface area contributed by atoms with Crippen molar-refractivity contribution in [2.75, 3.05) is 19.6 Å². The molecule has 0 saturated carbocycles. The summed E-state index contributed by atoms with van der Waals surface area (Å²) in [6, 6.07) is 13.9. The Labute approximate surface area is 159 Å². The van der Waals surface area contributed by atoms with E-state index in [4.69, 9.17) is 0 Å². The fourth-order valence-corrected chi connectivity index (χ4v) is 4.20. The van der Waals surface area contributed by atoms with E-state index < -0.39 is 6.10 Å². The molecule has 3 rings (SSSR count). The number of nitrogens with zero attached hydrogens (tertiary/aromatic N) is 1. The molecule has 4 nitrogen and oxygen atoms in total. The number of rotatable bonds is 8. The van der Waals surface area contributed by atoms with Gasteiger partial charge in [0.1, 0.15) is 6.10 Å².